The van der Waals surface area contributed by atoms with Gasteiger partial charge >= 0.3 is 0 Å². The third kappa shape index (κ3) is 15.1. The maximum absolute atomic E-state index is 7.98. The number of hydrogen-bond acceptors (Lipinski definition) is 4. The van der Waals surface area contributed by atoms with Gasteiger partial charge in [0.25, 0.3) is 6.71 Å². The van der Waals surface area contributed by atoms with Crippen molar-refractivity contribution < 1.29 is 0 Å². The van der Waals surface area contributed by atoms with Gasteiger partial charge in [0.1, 0.15) is 0 Å². The molecule has 14 aromatic rings. The van der Waals surface area contributed by atoms with E-state index in [-0.39, 0.29) is 33.8 Å². The molecule has 10 aliphatic rings. The number of anilines is 12. The molecule has 8 aliphatic carbocycles. The molecular formula is C120H120BClN4. The molecule has 6 heteroatoms. The molecule has 14 aromatic carbocycles. The lowest BCUT2D eigenvalue weighted by Crippen LogP contribution is -2.62. The highest BCUT2D eigenvalue weighted by Crippen LogP contribution is 2.63. The lowest BCUT2D eigenvalue weighted by molar-refractivity contribution is -0.00528. The van der Waals surface area contributed by atoms with Gasteiger partial charge < -0.3 is 19.6 Å². The maximum Gasteiger partial charge on any atom is 0.252 e. The van der Waals surface area contributed by atoms with Gasteiger partial charge in [-0.2, -0.15) is 0 Å². The fourth-order valence-electron chi connectivity index (χ4n) is 24.9. The topological polar surface area (TPSA) is 13.0 Å². The molecule has 126 heavy (non-hydrogen) atoms. The van der Waals surface area contributed by atoms with Crippen LogP contribution in [0.5, 0.6) is 0 Å². The summed E-state index contributed by atoms with van der Waals surface area (Å²) in [6, 6.07) is 124. The Morgan fingerprint density at radius 2 is 0.587 bits per heavy atom. The van der Waals surface area contributed by atoms with Crippen molar-refractivity contribution in [3.05, 3.63) is 366 Å². The summed E-state index contributed by atoms with van der Waals surface area (Å²) >= 11 is 7.98. The predicted molar refractivity (Wildman–Crippen MR) is 538 cm³/mol. The highest BCUT2D eigenvalue weighted by atomic mass is 35.5. The zero-order chi connectivity index (χ0) is 86.3. The van der Waals surface area contributed by atoms with E-state index in [9.17, 15) is 0 Å². The van der Waals surface area contributed by atoms with Crippen LogP contribution in [0.4, 0.5) is 68.2 Å². The summed E-state index contributed by atoms with van der Waals surface area (Å²) in [5.41, 5.74) is 36.7. The molecule has 0 radical (unpaired) electrons. The quantitative estimate of drug-likeness (QED) is 0.101. The molecule has 8 saturated carbocycles. The van der Waals surface area contributed by atoms with Crippen molar-refractivity contribution in [2.24, 2.45) is 35.5 Å². The third-order valence-corrected chi connectivity index (χ3v) is 30.9. The van der Waals surface area contributed by atoms with E-state index < -0.39 is 0 Å². The zero-order valence-corrected chi connectivity index (χ0v) is 76.6. The summed E-state index contributed by atoms with van der Waals surface area (Å²) < 4.78 is 0. The summed E-state index contributed by atoms with van der Waals surface area (Å²) in [6.07, 6.45) is 16.8. The summed E-state index contributed by atoms with van der Waals surface area (Å²) in [5, 5.41) is 0.689. The van der Waals surface area contributed by atoms with Crippen molar-refractivity contribution in [2.45, 2.75) is 193 Å². The molecule has 0 atom stereocenters. The van der Waals surface area contributed by atoms with Crippen LogP contribution in [-0.2, 0) is 32.5 Å². The van der Waals surface area contributed by atoms with E-state index in [1.807, 2.05) is 0 Å². The number of rotatable bonds is 14. The lowest BCUT2D eigenvalue weighted by Gasteiger charge is -2.57. The van der Waals surface area contributed by atoms with Gasteiger partial charge in [-0.25, -0.2) is 0 Å². The first kappa shape index (κ1) is 81.7. The van der Waals surface area contributed by atoms with Crippen molar-refractivity contribution in [2.75, 3.05) is 19.6 Å². The number of nitrogens with zero attached hydrogens (tertiary/aromatic N) is 4. The number of fused-ring (bicyclic) bond motifs is 4. The van der Waals surface area contributed by atoms with Gasteiger partial charge in [0, 0.05) is 56.9 Å². The fourth-order valence-corrected chi connectivity index (χ4v) is 25.2. The molecule has 4 nitrogen and oxygen atoms in total. The first-order valence-corrected chi connectivity index (χ1v) is 47.4. The molecule has 0 aromatic heterocycles. The SMILES string of the molecule is CC(C)(C)c1ccc(N(c2ccc(C(C)(C)C)cc2)c2cccc(N(c3ccc(C45CC6CC(CC(C6)C4)C5)cc3)c3cc(-c4ccccc4)cc(-c4ccccc4)c3)c2Cl)cc1.CC(C)(C)c1ccc(N2c3ccc(C(C)(C)C)cc3B3c4cc(C56CC7CC(CC(C7)C5)C6)ccc4N(c4cc(-c5ccccc5)cc(-c5ccccc5)c4)c4cccc2c43)cc1. The van der Waals surface area contributed by atoms with E-state index >= 15 is 0 Å². The van der Waals surface area contributed by atoms with Crippen molar-refractivity contribution in [3.63, 3.8) is 0 Å². The summed E-state index contributed by atoms with van der Waals surface area (Å²) in [7, 11) is 0. The summed E-state index contributed by atoms with van der Waals surface area (Å²) in [5.74, 6) is 5.33. The van der Waals surface area contributed by atoms with Crippen molar-refractivity contribution in [1.82, 2.24) is 0 Å². The maximum atomic E-state index is 7.98. The Kier molecular flexibility index (Phi) is 20.5. The second kappa shape index (κ2) is 31.6. The molecule has 8 fully saturated rings. The standard InChI is InChI=1S/C60H59BN2.C60H61ClN2/c1-58(2,3)46-20-24-49(25-21-46)62-53-26-22-47(59(4,5)6)34-51(53)61-52-35-48(60-36-39-28-40(37-60)30-41(29-39)38-60)23-27-54(52)63(56-19-13-18-55(62)57(56)61)50-32-44(42-14-9-7-10-15-42)31-45(33-50)43-16-11-8-12-17-43;1-58(2,3)48-20-26-51(27-21-48)62(52-28-22-49(23-29-52)59(4,5)6)55-18-13-19-56(57(55)61)63(53-30-24-50(25-31-53)60-38-41-32-42(39-60)34-43(33-41)40-60)54-36-46(44-14-9-7-10-15-44)35-47(37-54)45-16-11-8-12-17-45/h7-27,31-35,39-41H,28-30,36-38H2,1-6H3;7-31,35-37,41-43H,32-34,38-40H2,1-6H3. The molecule has 0 amide bonds. The smallest absolute Gasteiger partial charge is 0.252 e. The summed E-state index contributed by atoms with van der Waals surface area (Å²) in [4.78, 5) is 9.94. The Bertz CT molecular complexity index is 6140. The number of hydrogen-bond donors (Lipinski definition) is 0. The first-order valence-electron chi connectivity index (χ1n) is 47.1. The van der Waals surface area contributed by atoms with Crippen molar-refractivity contribution >= 4 is 103 Å². The lowest BCUT2D eigenvalue weighted by atomic mass is 9.33. The molecule has 0 N–H and O–H groups in total. The summed E-state index contributed by atoms with van der Waals surface area (Å²) in [6.45, 7) is 27.7. The monoisotopic (exact) mass is 1660 g/mol. The molecule has 2 heterocycles. The minimum atomic E-state index is 0.00427. The second-order valence-electron chi connectivity index (χ2n) is 43.2. The molecule has 2 aliphatic heterocycles. The van der Waals surface area contributed by atoms with E-state index in [0.717, 1.165) is 80.8 Å². The van der Waals surface area contributed by atoms with Crippen molar-refractivity contribution in [1.29, 1.82) is 0 Å². The van der Waals surface area contributed by atoms with Crippen LogP contribution >= 0.6 is 11.6 Å². The molecule has 0 saturated heterocycles. The largest absolute Gasteiger partial charge is 0.311 e. The van der Waals surface area contributed by atoms with Crippen LogP contribution < -0.4 is 36.0 Å². The van der Waals surface area contributed by atoms with Crippen LogP contribution in [0.1, 0.15) is 194 Å². The molecule has 630 valence electrons. The number of halogens is 1. The van der Waals surface area contributed by atoms with Crippen LogP contribution in [0.15, 0.2) is 328 Å². The first-order chi connectivity index (χ1) is 60.7. The Hall–Kier alpha value is -11.4. The van der Waals surface area contributed by atoms with Crippen LogP contribution in [0, 0.1) is 35.5 Å². The van der Waals surface area contributed by atoms with E-state index in [2.05, 4.69) is 430 Å². The van der Waals surface area contributed by atoms with Crippen molar-refractivity contribution in [3.8, 4) is 44.5 Å². The Morgan fingerprint density at radius 3 is 0.984 bits per heavy atom. The molecule has 0 spiro atoms. The number of benzene rings is 14. The molecule has 24 rings (SSSR count). The highest BCUT2D eigenvalue weighted by Gasteiger charge is 2.54. The van der Waals surface area contributed by atoms with Gasteiger partial charge in [-0.1, -0.05) is 301 Å². The average Bonchev–Trinajstić information content (AvgIpc) is 0.689. The minimum absolute atomic E-state index is 0.00427. The fraction of sp³-hybridized carbons (Fsp3) is 0.300. The highest BCUT2D eigenvalue weighted by molar-refractivity contribution is 7.00. The van der Waals surface area contributed by atoms with Gasteiger partial charge in [-0.15, -0.1) is 0 Å². The van der Waals surface area contributed by atoms with Crippen LogP contribution in [0.2, 0.25) is 5.02 Å². The minimum Gasteiger partial charge on any atom is -0.311 e. The van der Waals surface area contributed by atoms with Crippen LogP contribution in [0.3, 0.4) is 0 Å². The van der Waals surface area contributed by atoms with Gasteiger partial charge in [0.15, 0.2) is 0 Å². The van der Waals surface area contributed by atoms with Gasteiger partial charge in [-0.3, -0.25) is 0 Å². The van der Waals surface area contributed by atoms with Gasteiger partial charge in [0.05, 0.1) is 16.4 Å². The van der Waals surface area contributed by atoms with E-state index in [1.54, 1.807) is 5.56 Å². The normalized spacial score (nSPS) is 21.2. The Balaban J connectivity index is 0.000000154. The van der Waals surface area contributed by atoms with Gasteiger partial charge in [-0.05, 0) is 361 Å². The average molecular weight is 1660 g/mol. The molecular weight excluding hydrogens is 1540 g/mol. The second-order valence-corrected chi connectivity index (χ2v) is 43.6. The van der Waals surface area contributed by atoms with Crippen LogP contribution in [0.25, 0.3) is 44.5 Å². The zero-order valence-electron chi connectivity index (χ0n) is 75.9. The third-order valence-electron chi connectivity index (χ3n) is 30.5. The Morgan fingerprint density at radius 1 is 0.270 bits per heavy atom. The predicted octanol–water partition coefficient (Wildman–Crippen LogP) is 31.8. The molecule has 0 unspecified atom stereocenters. The van der Waals surface area contributed by atoms with E-state index in [1.165, 1.54) is 189 Å². The van der Waals surface area contributed by atoms with E-state index in [0.29, 0.717) is 10.4 Å². The van der Waals surface area contributed by atoms with E-state index in [4.69, 9.17) is 11.6 Å². The Labute approximate surface area is 755 Å². The van der Waals surface area contributed by atoms with Crippen LogP contribution in [-0.4, -0.2) is 6.71 Å². The molecule has 8 bridgehead atoms. The van der Waals surface area contributed by atoms with Gasteiger partial charge in [0.2, 0.25) is 0 Å².